The number of alkyl halides is 1. The van der Waals surface area contributed by atoms with Crippen LogP contribution >= 0.6 is 23.2 Å². The molecule has 0 N–H and O–H groups in total. The molecule has 0 aliphatic rings. The number of rotatable bonds is 4. The first-order valence-electron chi connectivity index (χ1n) is 5.63. The SMILES string of the molecule is CC(Cl)CC(C)(C)c1c(Cl)cnn1C(C)C. The van der Waals surface area contributed by atoms with E-state index in [0.717, 1.165) is 17.1 Å². The fourth-order valence-corrected chi connectivity index (χ4v) is 2.94. The predicted octanol–water partition coefficient (Wildman–Crippen LogP) is 4.41. The minimum atomic E-state index is -0.0565. The van der Waals surface area contributed by atoms with Crippen molar-refractivity contribution in [3.05, 3.63) is 16.9 Å². The van der Waals surface area contributed by atoms with Gasteiger partial charge in [0, 0.05) is 16.8 Å². The topological polar surface area (TPSA) is 17.8 Å². The molecule has 1 aromatic rings. The van der Waals surface area contributed by atoms with Crippen LogP contribution in [0.3, 0.4) is 0 Å². The van der Waals surface area contributed by atoms with E-state index >= 15 is 0 Å². The Balaban J connectivity index is 3.15. The van der Waals surface area contributed by atoms with Gasteiger partial charge in [0.25, 0.3) is 0 Å². The van der Waals surface area contributed by atoms with Crippen molar-refractivity contribution in [1.29, 1.82) is 0 Å². The summed E-state index contributed by atoms with van der Waals surface area (Å²) >= 11 is 12.3. The Hall–Kier alpha value is -0.210. The average molecular weight is 263 g/mol. The first-order chi connectivity index (χ1) is 7.25. The van der Waals surface area contributed by atoms with Crippen LogP contribution in [-0.4, -0.2) is 15.2 Å². The Morgan fingerprint density at radius 2 is 1.94 bits per heavy atom. The summed E-state index contributed by atoms with van der Waals surface area (Å²) in [7, 11) is 0. The van der Waals surface area contributed by atoms with Gasteiger partial charge in [-0.3, -0.25) is 4.68 Å². The summed E-state index contributed by atoms with van der Waals surface area (Å²) in [6.45, 7) is 10.5. The summed E-state index contributed by atoms with van der Waals surface area (Å²) in [6.07, 6.45) is 2.60. The van der Waals surface area contributed by atoms with Crippen molar-refractivity contribution in [3.8, 4) is 0 Å². The van der Waals surface area contributed by atoms with Gasteiger partial charge in [0.05, 0.1) is 16.9 Å². The highest BCUT2D eigenvalue weighted by atomic mass is 35.5. The van der Waals surface area contributed by atoms with Gasteiger partial charge >= 0.3 is 0 Å². The van der Waals surface area contributed by atoms with Gasteiger partial charge in [-0.1, -0.05) is 25.4 Å². The second-order valence-corrected chi connectivity index (χ2v) is 6.40. The Labute approximate surface area is 108 Å². The molecule has 1 heterocycles. The van der Waals surface area contributed by atoms with E-state index in [9.17, 15) is 0 Å². The van der Waals surface area contributed by atoms with Crippen molar-refractivity contribution in [2.75, 3.05) is 0 Å². The smallest absolute Gasteiger partial charge is 0.0823 e. The number of nitrogens with zero attached hydrogens (tertiary/aromatic N) is 2. The maximum absolute atomic E-state index is 6.23. The summed E-state index contributed by atoms with van der Waals surface area (Å²) in [5.74, 6) is 0. The molecule has 2 nitrogen and oxygen atoms in total. The van der Waals surface area contributed by atoms with Crippen LogP contribution in [0.1, 0.15) is 52.8 Å². The van der Waals surface area contributed by atoms with Gasteiger partial charge in [-0.05, 0) is 27.2 Å². The zero-order valence-electron chi connectivity index (χ0n) is 10.6. The molecule has 0 aliphatic heterocycles. The van der Waals surface area contributed by atoms with Gasteiger partial charge in [0.15, 0.2) is 0 Å². The summed E-state index contributed by atoms with van der Waals surface area (Å²) in [5.41, 5.74) is 1.02. The number of hydrogen-bond acceptors (Lipinski definition) is 1. The maximum atomic E-state index is 6.23. The van der Waals surface area contributed by atoms with Crippen LogP contribution in [0, 0.1) is 0 Å². The van der Waals surface area contributed by atoms with Crippen LogP contribution in [0.15, 0.2) is 6.20 Å². The minimum absolute atomic E-state index is 0.0565. The first-order valence-corrected chi connectivity index (χ1v) is 6.44. The molecular weight excluding hydrogens is 243 g/mol. The Morgan fingerprint density at radius 1 is 1.38 bits per heavy atom. The molecule has 0 radical (unpaired) electrons. The summed E-state index contributed by atoms with van der Waals surface area (Å²) < 4.78 is 1.99. The molecule has 16 heavy (non-hydrogen) atoms. The van der Waals surface area contributed by atoms with Crippen LogP contribution in [0.2, 0.25) is 5.02 Å². The summed E-state index contributed by atoms with van der Waals surface area (Å²) in [4.78, 5) is 0. The van der Waals surface area contributed by atoms with Crippen LogP contribution in [0.4, 0.5) is 0 Å². The maximum Gasteiger partial charge on any atom is 0.0823 e. The van der Waals surface area contributed by atoms with Gasteiger partial charge in [-0.25, -0.2) is 0 Å². The Kier molecular flexibility index (Phi) is 4.30. The molecule has 0 saturated heterocycles. The zero-order valence-corrected chi connectivity index (χ0v) is 12.1. The third-order valence-electron chi connectivity index (χ3n) is 2.67. The fraction of sp³-hybridized carbons (Fsp3) is 0.750. The molecule has 1 unspecified atom stereocenters. The predicted molar refractivity (Wildman–Crippen MR) is 70.6 cm³/mol. The molecule has 0 saturated carbocycles. The van der Waals surface area contributed by atoms with Crippen molar-refractivity contribution in [3.63, 3.8) is 0 Å². The standard InChI is InChI=1S/C12H20Cl2N2/c1-8(2)16-11(10(14)7-15-16)12(4,5)6-9(3)13/h7-9H,6H2,1-5H3. The molecule has 0 bridgehead atoms. The molecule has 1 rings (SSSR count). The van der Waals surface area contributed by atoms with Crippen molar-refractivity contribution >= 4 is 23.2 Å². The van der Waals surface area contributed by atoms with Gasteiger partial charge in [0.2, 0.25) is 0 Å². The highest BCUT2D eigenvalue weighted by Gasteiger charge is 2.30. The van der Waals surface area contributed by atoms with E-state index in [-0.39, 0.29) is 10.8 Å². The third kappa shape index (κ3) is 2.92. The lowest BCUT2D eigenvalue weighted by molar-refractivity contribution is 0.401. The average Bonchev–Trinajstić information content (AvgIpc) is 2.44. The first kappa shape index (κ1) is 13.9. The van der Waals surface area contributed by atoms with Crippen LogP contribution in [-0.2, 0) is 5.41 Å². The summed E-state index contributed by atoms with van der Waals surface area (Å²) in [5, 5.41) is 5.19. The highest BCUT2D eigenvalue weighted by Crippen LogP contribution is 2.35. The van der Waals surface area contributed by atoms with E-state index in [1.54, 1.807) is 6.20 Å². The number of hydrogen-bond donors (Lipinski definition) is 0. The molecule has 1 atom stereocenters. The molecule has 0 fully saturated rings. The Bertz CT molecular complexity index is 354. The van der Waals surface area contributed by atoms with Gasteiger partial charge < -0.3 is 0 Å². The van der Waals surface area contributed by atoms with E-state index in [0.29, 0.717) is 6.04 Å². The van der Waals surface area contributed by atoms with Crippen molar-refractivity contribution in [2.24, 2.45) is 0 Å². The second kappa shape index (κ2) is 4.97. The van der Waals surface area contributed by atoms with Crippen molar-refractivity contribution in [1.82, 2.24) is 9.78 Å². The third-order valence-corrected chi connectivity index (χ3v) is 3.10. The molecule has 0 aliphatic carbocycles. The normalized spacial score (nSPS) is 14.5. The zero-order chi connectivity index (χ0) is 12.5. The fourth-order valence-electron chi connectivity index (χ4n) is 2.17. The quantitative estimate of drug-likeness (QED) is 0.735. The number of aromatic nitrogens is 2. The highest BCUT2D eigenvalue weighted by molar-refractivity contribution is 6.31. The van der Waals surface area contributed by atoms with Gasteiger partial charge in [0.1, 0.15) is 0 Å². The molecule has 0 aromatic carbocycles. The van der Waals surface area contributed by atoms with E-state index in [2.05, 4.69) is 32.8 Å². The van der Waals surface area contributed by atoms with Crippen molar-refractivity contribution < 1.29 is 0 Å². The van der Waals surface area contributed by atoms with E-state index in [1.807, 2.05) is 11.6 Å². The minimum Gasteiger partial charge on any atom is -0.265 e. The van der Waals surface area contributed by atoms with E-state index in [4.69, 9.17) is 23.2 Å². The molecule has 0 amide bonds. The lowest BCUT2D eigenvalue weighted by atomic mass is 9.84. The van der Waals surface area contributed by atoms with Crippen molar-refractivity contribution in [2.45, 2.75) is 57.9 Å². The van der Waals surface area contributed by atoms with E-state index < -0.39 is 0 Å². The van der Waals surface area contributed by atoms with Crippen LogP contribution in [0.5, 0.6) is 0 Å². The monoisotopic (exact) mass is 262 g/mol. The van der Waals surface area contributed by atoms with Gasteiger partial charge in [-0.2, -0.15) is 5.10 Å². The van der Waals surface area contributed by atoms with Gasteiger partial charge in [-0.15, -0.1) is 11.6 Å². The van der Waals surface area contributed by atoms with Crippen LogP contribution in [0.25, 0.3) is 0 Å². The van der Waals surface area contributed by atoms with E-state index in [1.165, 1.54) is 0 Å². The molecule has 92 valence electrons. The molecule has 0 spiro atoms. The summed E-state index contributed by atoms with van der Waals surface area (Å²) in [6, 6.07) is 0.312. The van der Waals surface area contributed by atoms with Crippen LogP contribution < -0.4 is 0 Å². The second-order valence-electron chi connectivity index (χ2n) is 5.25. The Morgan fingerprint density at radius 3 is 2.38 bits per heavy atom. The molecule has 4 heteroatoms. The lowest BCUT2D eigenvalue weighted by Gasteiger charge is -2.28. The largest absolute Gasteiger partial charge is 0.265 e. The number of halogens is 2. The molecular formula is C12H20Cl2N2. The lowest BCUT2D eigenvalue weighted by Crippen LogP contribution is -2.26. The molecule has 1 aromatic heterocycles.